The van der Waals surface area contributed by atoms with Crippen molar-refractivity contribution in [2.24, 2.45) is 0 Å². The molecule has 6 nitrogen and oxygen atoms in total. The van der Waals surface area contributed by atoms with E-state index in [-0.39, 0.29) is 5.75 Å². The van der Waals surface area contributed by atoms with Crippen molar-refractivity contribution in [1.82, 2.24) is 0 Å². The Labute approximate surface area is 138 Å². The van der Waals surface area contributed by atoms with E-state index in [0.717, 1.165) is 5.56 Å². The van der Waals surface area contributed by atoms with Crippen LogP contribution in [0.1, 0.15) is 5.56 Å². The number of aryl methyl sites for hydroxylation is 1. The molecule has 0 aliphatic rings. The van der Waals surface area contributed by atoms with Gasteiger partial charge in [0.15, 0.2) is 0 Å². The van der Waals surface area contributed by atoms with Gasteiger partial charge in [0.1, 0.15) is 5.75 Å². The van der Waals surface area contributed by atoms with Gasteiger partial charge in [0.05, 0.1) is 17.8 Å². The van der Waals surface area contributed by atoms with Gasteiger partial charge >= 0.3 is 12.2 Å². The first kappa shape index (κ1) is 16.6. The third kappa shape index (κ3) is 4.89. The van der Waals surface area contributed by atoms with E-state index in [0.29, 0.717) is 16.4 Å². The van der Waals surface area contributed by atoms with Crippen molar-refractivity contribution in [3.63, 3.8) is 0 Å². The Bertz CT molecular complexity index is 734. The maximum atomic E-state index is 11.9. The second-order valence-corrected chi connectivity index (χ2v) is 5.05. The van der Waals surface area contributed by atoms with E-state index in [9.17, 15) is 9.59 Å². The van der Waals surface area contributed by atoms with E-state index in [2.05, 4.69) is 15.4 Å². The summed E-state index contributed by atoms with van der Waals surface area (Å²) in [6.07, 6.45) is -1.30. The zero-order chi connectivity index (χ0) is 16.8. The lowest BCUT2D eigenvalue weighted by Gasteiger charge is -2.10. The fourth-order valence-corrected chi connectivity index (χ4v) is 1.95. The van der Waals surface area contributed by atoms with Crippen LogP contribution in [0.25, 0.3) is 0 Å². The zero-order valence-electron chi connectivity index (χ0n) is 12.6. The second-order valence-electron chi connectivity index (χ2n) is 4.64. The lowest BCUT2D eigenvalue weighted by atomic mass is 10.2. The van der Waals surface area contributed by atoms with Gasteiger partial charge < -0.3 is 9.47 Å². The van der Waals surface area contributed by atoms with E-state index in [4.69, 9.17) is 16.3 Å². The number of rotatable bonds is 3. The number of nitrogens with one attached hydrogen (secondary N) is 2. The molecule has 0 bridgehead atoms. The lowest BCUT2D eigenvalue weighted by Crippen LogP contribution is -2.17. The Morgan fingerprint density at radius 2 is 1.83 bits per heavy atom. The van der Waals surface area contributed by atoms with Gasteiger partial charge in [-0.2, -0.15) is 0 Å². The Hall–Kier alpha value is -2.73. The Morgan fingerprint density at radius 1 is 1.04 bits per heavy atom. The van der Waals surface area contributed by atoms with Crippen LogP contribution >= 0.6 is 11.6 Å². The van der Waals surface area contributed by atoms with Gasteiger partial charge in [-0.3, -0.25) is 10.6 Å². The summed E-state index contributed by atoms with van der Waals surface area (Å²) in [4.78, 5) is 23.1. The summed E-state index contributed by atoms with van der Waals surface area (Å²) in [6.45, 7) is 1.88. The van der Waals surface area contributed by atoms with Crippen LogP contribution in [-0.4, -0.2) is 19.3 Å². The summed E-state index contributed by atoms with van der Waals surface area (Å²) < 4.78 is 9.66. The highest BCUT2D eigenvalue weighted by Crippen LogP contribution is 2.23. The lowest BCUT2D eigenvalue weighted by molar-refractivity contribution is 0.187. The molecule has 2 aromatic rings. The quantitative estimate of drug-likeness (QED) is 0.870. The molecule has 0 aromatic heterocycles. The molecule has 0 aliphatic carbocycles. The number of hydrogen-bond acceptors (Lipinski definition) is 4. The van der Waals surface area contributed by atoms with Crippen molar-refractivity contribution >= 4 is 35.2 Å². The number of halogens is 1. The smallest absolute Gasteiger partial charge is 0.417 e. The molecule has 0 spiro atoms. The Kier molecular flexibility index (Phi) is 5.43. The molecule has 2 N–H and O–H groups in total. The fourth-order valence-electron chi connectivity index (χ4n) is 1.78. The summed E-state index contributed by atoms with van der Waals surface area (Å²) in [6, 6.07) is 11.6. The topological polar surface area (TPSA) is 76.7 Å². The predicted molar refractivity (Wildman–Crippen MR) is 88.3 cm³/mol. The first-order valence-electron chi connectivity index (χ1n) is 6.68. The van der Waals surface area contributed by atoms with Crippen LogP contribution in [0.2, 0.25) is 5.02 Å². The van der Waals surface area contributed by atoms with Gasteiger partial charge in [0.2, 0.25) is 0 Å². The fraction of sp³-hybridized carbons (Fsp3) is 0.125. The molecule has 2 rings (SSSR count). The molecule has 120 valence electrons. The van der Waals surface area contributed by atoms with Crippen LogP contribution in [0.3, 0.4) is 0 Å². The average molecular weight is 335 g/mol. The SMILES string of the molecule is COC(=O)Nc1cccc(OC(=O)Nc2cc(C)ccc2Cl)c1. The number of carbonyl (C=O) groups excluding carboxylic acids is 2. The monoisotopic (exact) mass is 334 g/mol. The minimum Gasteiger partial charge on any atom is -0.453 e. The van der Waals surface area contributed by atoms with Crippen molar-refractivity contribution in [2.45, 2.75) is 6.92 Å². The first-order valence-corrected chi connectivity index (χ1v) is 7.06. The van der Waals surface area contributed by atoms with Crippen molar-refractivity contribution in [1.29, 1.82) is 0 Å². The highest BCUT2D eigenvalue weighted by atomic mass is 35.5. The number of anilines is 2. The molecular formula is C16H15ClN2O4. The summed E-state index contributed by atoms with van der Waals surface area (Å²) in [5.41, 5.74) is 1.85. The number of hydrogen-bond donors (Lipinski definition) is 2. The van der Waals surface area contributed by atoms with Crippen molar-refractivity contribution in [2.75, 3.05) is 17.7 Å². The predicted octanol–water partition coefficient (Wildman–Crippen LogP) is 4.44. The maximum Gasteiger partial charge on any atom is 0.417 e. The van der Waals surface area contributed by atoms with Gasteiger partial charge in [0, 0.05) is 11.8 Å². The summed E-state index contributed by atoms with van der Waals surface area (Å²) >= 11 is 6.01. The van der Waals surface area contributed by atoms with Gasteiger partial charge in [-0.05, 0) is 36.8 Å². The van der Waals surface area contributed by atoms with E-state index >= 15 is 0 Å². The number of carbonyl (C=O) groups is 2. The zero-order valence-corrected chi connectivity index (χ0v) is 13.3. The molecule has 0 fully saturated rings. The van der Waals surface area contributed by atoms with E-state index in [1.165, 1.54) is 13.2 Å². The number of benzene rings is 2. The van der Waals surface area contributed by atoms with E-state index in [1.54, 1.807) is 30.3 Å². The standard InChI is InChI=1S/C16H15ClN2O4/c1-10-6-7-13(17)14(8-10)19-16(21)23-12-5-3-4-11(9-12)18-15(20)22-2/h3-9H,1-2H3,(H,18,20)(H,19,21). The van der Waals surface area contributed by atoms with E-state index < -0.39 is 12.2 Å². The molecule has 0 atom stereocenters. The van der Waals surface area contributed by atoms with Gasteiger partial charge in [-0.1, -0.05) is 23.7 Å². The largest absolute Gasteiger partial charge is 0.453 e. The van der Waals surface area contributed by atoms with Crippen molar-refractivity contribution in [3.8, 4) is 5.75 Å². The highest BCUT2D eigenvalue weighted by molar-refractivity contribution is 6.33. The minimum atomic E-state index is -0.687. The summed E-state index contributed by atoms with van der Waals surface area (Å²) in [5, 5.41) is 5.45. The molecule has 2 amide bonds. The second kappa shape index (κ2) is 7.51. The number of ether oxygens (including phenoxy) is 2. The van der Waals surface area contributed by atoms with Crippen molar-refractivity contribution < 1.29 is 19.1 Å². The Morgan fingerprint density at radius 3 is 2.57 bits per heavy atom. The third-order valence-electron chi connectivity index (χ3n) is 2.83. The molecule has 7 heteroatoms. The summed E-state index contributed by atoms with van der Waals surface area (Å²) in [5.74, 6) is 0.264. The van der Waals surface area contributed by atoms with Crippen LogP contribution in [0, 0.1) is 6.92 Å². The number of amides is 2. The molecule has 0 saturated heterocycles. The molecule has 0 aliphatic heterocycles. The van der Waals surface area contributed by atoms with Gasteiger partial charge in [-0.25, -0.2) is 9.59 Å². The average Bonchev–Trinajstić information content (AvgIpc) is 2.51. The van der Waals surface area contributed by atoms with Crippen LogP contribution in [0.15, 0.2) is 42.5 Å². The molecule has 0 heterocycles. The van der Waals surface area contributed by atoms with Crippen LogP contribution < -0.4 is 15.4 Å². The molecular weight excluding hydrogens is 320 g/mol. The van der Waals surface area contributed by atoms with Gasteiger partial charge in [-0.15, -0.1) is 0 Å². The molecule has 2 aromatic carbocycles. The van der Waals surface area contributed by atoms with Crippen LogP contribution in [0.5, 0.6) is 5.75 Å². The molecule has 0 unspecified atom stereocenters. The molecule has 0 radical (unpaired) electrons. The van der Waals surface area contributed by atoms with E-state index in [1.807, 2.05) is 13.0 Å². The third-order valence-corrected chi connectivity index (χ3v) is 3.16. The number of methoxy groups -OCH3 is 1. The summed E-state index contributed by atoms with van der Waals surface area (Å²) in [7, 11) is 1.26. The van der Waals surface area contributed by atoms with Crippen LogP contribution in [0.4, 0.5) is 21.0 Å². The maximum absolute atomic E-state index is 11.9. The van der Waals surface area contributed by atoms with Crippen LogP contribution in [-0.2, 0) is 4.74 Å². The Balaban J connectivity index is 2.04. The normalized spacial score (nSPS) is 9.87. The first-order chi connectivity index (χ1) is 11.0. The van der Waals surface area contributed by atoms with Gasteiger partial charge in [0.25, 0.3) is 0 Å². The van der Waals surface area contributed by atoms with Crippen molar-refractivity contribution in [3.05, 3.63) is 53.1 Å². The minimum absolute atomic E-state index is 0.264. The molecule has 23 heavy (non-hydrogen) atoms. The highest BCUT2D eigenvalue weighted by Gasteiger charge is 2.09. The molecule has 0 saturated carbocycles.